The molecule has 0 saturated carbocycles. The Balaban J connectivity index is 2.01. The van der Waals surface area contributed by atoms with E-state index < -0.39 is 0 Å². The first-order valence-corrected chi connectivity index (χ1v) is 7.54. The summed E-state index contributed by atoms with van der Waals surface area (Å²) in [7, 11) is 0. The van der Waals surface area contributed by atoms with Crippen LogP contribution in [0.3, 0.4) is 0 Å². The maximum atomic E-state index is 5.72. The van der Waals surface area contributed by atoms with Crippen LogP contribution in [0, 0.1) is 0 Å². The summed E-state index contributed by atoms with van der Waals surface area (Å²) >= 11 is 0. The molecule has 1 saturated heterocycles. The number of nitrogens with zero attached hydrogens (tertiary/aromatic N) is 2. The third-order valence-corrected chi connectivity index (χ3v) is 3.55. The van der Waals surface area contributed by atoms with Crippen LogP contribution in [0.15, 0.2) is 18.3 Å². The van der Waals surface area contributed by atoms with Gasteiger partial charge in [-0.2, -0.15) is 0 Å². The standard InChI is InChI=1S/C16H27N3O/c1-5-14-12-19(8-9-20-14)15-10-13(6-7-17-15)11-18-16(2,3)4/h6-7,10,14,18H,5,8-9,11-12H2,1-4H3. The summed E-state index contributed by atoms with van der Waals surface area (Å²) in [6.45, 7) is 12.3. The topological polar surface area (TPSA) is 37.4 Å². The number of hydrogen-bond acceptors (Lipinski definition) is 4. The lowest BCUT2D eigenvalue weighted by molar-refractivity contribution is 0.0381. The van der Waals surface area contributed by atoms with Crippen LogP contribution in [-0.4, -0.2) is 36.3 Å². The SMILES string of the molecule is CCC1CN(c2cc(CNC(C)(C)C)ccn2)CCO1. The van der Waals surface area contributed by atoms with Gasteiger partial charge in [-0.3, -0.25) is 0 Å². The number of ether oxygens (including phenoxy) is 1. The van der Waals surface area contributed by atoms with E-state index in [1.165, 1.54) is 5.56 Å². The molecule has 1 N–H and O–H groups in total. The number of pyridine rings is 1. The smallest absolute Gasteiger partial charge is 0.128 e. The van der Waals surface area contributed by atoms with E-state index >= 15 is 0 Å². The van der Waals surface area contributed by atoms with Crippen LogP contribution in [0.2, 0.25) is 0 Å². The monoisotopic (exact) mass is 277 g/mol. The third-order valence-electron chi connectivity index (χ3n) is 3.55. The second-order valence-electron chi connectivity index (χ2n) is 6.47. The number of aromatic nitrogens is 1. The normalized spacial score (nSPS) is 20.2. The minimum absolute atomic E-state index is 0.135. The van der Waals surface area contributed by atoms with E-state index in [2.05, 4.69) is 55.0 Å². The minimum atomic E-state index is 0.135. The number of hydrogen-bond donors (Lipinski definition) is 1. The first-order chi connectivity index (χ1) is 9.48. The van der Waals surface area contributed by atoms with Crippen LogP contribution in [0.1, 0.15) is 39.7 Å². The van der Waals surface area contributed by atoms with Crippen molar-refractivity contribution in [3.8, 4) is 0 Å². The number of anilines is 1. The lowest BCUT2D eigenvalue weighted by atomic mass is 10.1. The molecule has 0 amide bonds. The fraction of sp³-hybridized carbons (Fsp3) is 0.688. The molecule has 0 spiro atoms. The van der Waals surface area contributed by atoms with Crippen molar-refractivity contribution in [1.29, 1.82) is 0 Å². The van der Waals surface area contributed by atoms with E-state index in [0.717, 1.165) is 38.5 Å². The summed E-state index contributed by atoms with van der Waals surface area (Å²) in [4.78, 5) is 6.85. The molecule has 1 aliphatic heterocycles. The first kappa shape index (κ1) is 15.3. The summed E-state index contributed by atoms with van der Waals surface area (Å²) in [6.07, 6.45) is 3.30. The third kappa shape index (κ3) is 4.46. The van der Waals surface area contributed by atoms with Gasteiger partial charge in [0.15, 0.2) is 0 Å². The van der Waals surface area contributed by atoms with Gasteiger partial charge in [0.05, 0.1) is 12.7 Å². The molecule has 0 aromatic carbocycles. The van der Waals surface area contributed by atoms with Crippen molar-refractivity contribution in [3.63, 3.8) is 0 Å². The molecule has 0 bridgehead atoms. The van der Waals surface area contributed by atoms with Gasteiger partial charge in [-0.05, 0) is 44.9 Å². The lowest BCUT2D eigenvalue weighted by Crippen LogP contribution is -2.42. The second kappa shape index (κ2) is 6.55. The Morgan fingerprint density at radius 3 is 2.95 bits per heavy atom. The Bertz CT molecular complexity index is 428. The molecule has 112 valence electrons. The fourth-order valence-corrected chi connectivity index (χ4v) is 2.29. The average molecular weight is 277 g/mol. The Hall–Kier alpha value is -1.13. The van der Waals surface area contributed by atoms with E-state index in [1.807, 2.05) is 6.20 Å². The second-order valence-corrected chi connectivity index (χ2v) is 6.47. The molecule has 0 aliphatic carbocycles. The predicted molar refractivity (Wildman–Crippen MR) is 83.1 cm³/mol. The van der Waals surface area contributed by atoms with Gasteiger partial charge < -0.3 is 15.0 Å². The van der Waals surface area contributed by atoms with Crippen LogP contribution in [0.25, 0.3) is 0 Å². The molecule has 1 fully saturated rings. The number of rotatable bonds is 4. The zero-order chi connectivity index (χ0) is 14.6. The molecular weight excluding hydrogens is 250 g/mol. The lowest BCUT2D eigenvalue weighted by Gasteiger charge is -2.33. The van der Waals surface area contributed by atoms with Crippen LogP contribution in [0.5, 0.6) is 0 Å². The molecule has 1 aliphatic rings. The molecular formula is C16H27N3O. The van der Waals surface area contributed by atoms with Gasteiger partial charge in [-0.25, -0.2) is 4.98 Å². The predicted octanol–water partition coefficient (Wildman–Crippen LogP) is 2.58. The van der Waals surface area contributed by atoms with Crippen molar-refractivity contribution < 1.29 is 4.74 Å². The Morgan fingerprint density at radius 2 is 2.25 bits per heavy atom. The van der Waals surface area contributed by atoms with E-state index in [0.29, 0.717) is 6.10 Å². The zero-order valence-electron chi connectivity index (χ0n) is 13.1. The summed E-state index contributed by atoms with van der Waals surface area (Å²) < 4.78 is 5.72. The van der Waals surface area contributed by atoms with Crippen molar-refractivity contribution in [3.05, 3.63) is 23.9 Å². The molecule has 1 atom stereocenters. The summed E-state index contributed by atoms with van der Waals surface area (Å²) in [5.41, 5.74) is 1.42. The molecule has 1 aromatic heterocycles. The summed E-state index contributed by atoms with van der Waals surface area (Å²) in [6, 6.07) is 4.27. The van der Waals surface area contributed by atoms with Gasteiger partial charge in [0.2, 0.25) is 0 Å². The highest BCUT2D eigenvalue weighted by molar-refractivity contribution is 5.41. The van der Waals surface area contributed by atoms with Gasteiger partial charge in [-0.15, -0.1) is 0 Å². The van der Waals surface area contributed by atoms with Gasteiger partial charge in [0.25, 0.3) is 0 Å². The molecule has 4 nitrogen and oxygen atoms in total. The van der Waals surface area contributed by atoms with Crippen molar-refractivity contribution in [2.75, 3.05) is 24.6 Å². The highest BCUT2D eigenvalue weighted by Crippen LogP contribution is 2.18. The number of morpholine rings is 1. The van der Waals surface area contributed by atoms with Crippen molar-refractivity contribution in [2.45, 2.75) is 52.3 Å². The van der Waals surface area contributed by atoms with Crippen LogP contribution in [0.4, 0.5) is 5.82 Å². The molecule has 1 unspecified atom stereocenters. The quantitative estimate of drug-likeness (QED) is 0.918. The van der Waals surface area contributed by atoms with Gasteiger partial charge in [0, 0.05) is 31.4 Å². The maximum Gasteiger partial charge on any atom is 0.128 e. The van der Waals surface area contributed by atoms with E-state index in [1.54, 1.807) is 0 Å². The average Bonchev–Trinajstić information content (AvgIpc) is 2.45. The molecule has 20 heavy (non-hydrogen) atoms. The van der Waals surface area contributed by atoms with Crippen molar-refractivity contribution in [2.24, 2.45) is 0 Å². The van der Waals surface area contributed by atoms with Gasteiger partial charge >= 0.3 is 0 Å². The zero-order valence-corrected chi connectivity index (χ0v) is 13.1. The molecule has 0 radical (unpaired) electrons. The first-order valence-electron chi connectivity index (χ1n) is 7.54. The molecule has 2 heterocycles. The van der Waals surface area contributed by atoms with Crippen LogP contribution < -0.4 is 10.2 Å². The molecule has 4 heteroatoms. The Morgan fingerprint density at radius 1 is 1.45 bits per heavy atom. The van der Waals surface area contributed by atoms with Crippen molar-refractivity contribution >= 4 is 5.82 Å². The van der Waals surface area contributed by atoms with E-state index in [4.69, 9.17) is 4.74 Å². The Kier molecular flexibility index (Phi) is 5.00. The summed E-state index contributed by atoms with van der Waals surface area (Å²) in [5.74, 6) is 1.07. The van der Waals surface area contributed by atoms with Gasteiger partial charge in [0.1, 0.15) is 5.82 Å². The van der Waals surface area contributed by atoms with E-state index in [-0.39, 0.29) is 5.54 Å². The Labute approximate surface area is 122 Å². The minimum Gasteiger partial charge on any atom is -0.375 e. The highest BCUT2D eigenvalue weighted by atomic mass is 16.5. The van der Waals surface area contributed by atoms with E-state index in [9.17, 15) is 0 Å². The van der Waals surface area contributed by atoms with Crippen LogP contribution in [-0.2, 0) is 11.3 Å². The summed E-state index contributed by atoms with van der Waals surface area (Å²) in [5, 5.41) is 3.52. The van der Waals surface area contributed by atoms with Crippen molar-refractivity contribution in [1.82, 2.24) is 10.3 Å². The largest absolute Gasteiger partial charge is 0.375 e. The molecule has 2 rings (SSSR count). The maximum absolute atomic E-state index is 5.72. The fourth-order valence-electron chi connectivity index (χ4n) is 2.29. The highest BCUT2D eigenvalue weighted by Gasteiger charge is 2.20. The number of nitrogens with one attached hydrogen (secondary N) is 1. The van der Waals surface area contributed by atoms with Gasteiger partial charge in [-0.1, -0.05) is 6.92 Å². The van der Waals surface area contributed by atoms with Crippen LogP contribution >= 0.6 is 0 Å². The molecule has 1 aromatic rings.